The van der Waals surface area contributed by atoms with Gasteiger partial charge in [-0.3, -0.25) is 4.79 Å². The molecule has 4 aromatic rings. The van der Waals surface area contributed by atoms with Crippen molar-refractivity contribution in [2.75, 3.05) is 5.75 Å². The summed E-state index contributed by atoms with van der Waals surface area (Å²) in [6, 6.07) is 17.6. The number of rotatable bonds is 5. The second kappa shape index (κ2) is 6.76. The fraction of sp³-hybridized carbons (Fsp3) is 0.158. The SMILES string of the molecule is Cc1c(C(=O)CSc2nnnn2-c2ccccc2)c2ccccc2n1C. The molecule has 7 heteroatoms. The number of para-hydroxylation sites is 2. The van der Waals surface area contributed by atoms with Gasteiger partial charge < -0.3 is 4.57 Å². The lowest BCUT2D eigenvalue weighted by Crippen LogP contribution is -2.06. The highest BCUT2D eigenvalue weighted by molar-refractivity contribution is 7.99. The average molecular weight is 363 g/mol. The zero-order chi connectivity index (χ0) is 18.1. The molecular weight excluding hydrogens is 346 g/mol. The summed E-state index contributed by atoms with van der Waals surface area (Å²) in [6.07, 6.45) is 0. The highest BCUT2D eigenvalue weighted by Gasteiger charge is 2.19. The molecule has 0 aliphatic heterocycles. The van der Waals surface area contributed by atoms with Crippen LogP contribution in [0.3, 0.4) is 0 Å². The molecule has 2 aromatic carbocycles. The Bertz CT molecular complexity index is 1080. The third-order valence-corrected chi connectivity index (χ3v) is 5.37. The van der Waals surface area contributed by atoms with Crippen LogP contribution in [0.4, 0.5) is 0 Å². The Hall–Kier alpha value is -2.93. The molecule has 0 N–H and O–H groups in total. The highest BCUT2D eigenvalue weighted by Crippen LogP contribution is 2.27. The van der Waals surface area contributed by atoms with Crippen molar-refractivity contribution in [3.63, 3.8) is 0 Å². The molecule has 0 aliphatic carbocycles. The van der Waals surface area contributed by atoms with Crippen LogP contribution < -0.4 is 0 Å². The third kappa shape index (κ3) is 2.80. The van der Waals surface area contributed by atoms with Crippen molar-refractivity contribution in [3.8, 4) is 5.69 Å². The normalized spacial score (nSPS) is 11.2. The number of benzene rings is 2. The van der Waals surface area contributed by atoms with Crippen LogP contribution in [0.2, 0.25) is 0 Å². The Kier molecular flexibility index (Phi) is 4.30. The largest absolute Gasteiger partial charge is 0.347 e. The highest BCUT2D eigenvalue weighted by atomic mass is 32.2. The summed E-state index contributed by atoms with van der Waals surface area (Å²) in [4.78, 5) is 12.9. The van der Waals surface area contributed by atoms with Crippen molar-refractivity contribution in [3.05, 3.63) is 65.9 Å². The summed E-state index contributed by atoms with van der Waals surface area (Å²) in [5.41, 5.74) is 3.68. The van der Waals surface area contributed by atoms with Crippen molar-refractivity contribution in [2.24, 2.45) is 7.05 Å². The van der Waals surface area contributed by atoms with Crippen LogP contribution in [0.25, 0.3) is 16.6 Å². The topological polar surface area (TPSA) is 65.6 Å². The monoisotopic (exact) mass is 363 g/mol. The molecule has 0 spiro atoms. The van der Waals surface area contributed by atoms with Gasteiger partial charge in [-0.2, -0.15) is 4.68 Å². The molecule has 2 heterocycles. The van der Waals surface area contributed by atoms with Crippen molar-refractivity contribution < 1.29 is 4.79 Å². The molecule has 0 unspecified atom stereocenters. The minimum absolute atomic E-state index is 0.0758. The number of carbonyl (C=O) groups is 1. The predicted molar refractivity (Wildman–Crippen MR) is 102 cm³/mol. The van der Waals surface area contributed by atoms with E-state index in [1.165, 1.54) is 11.8 Å². The van der Waals surface area contributed by atoms with E-state index in [4.69, 9.17) is 0 Å². The number of fused-ring (bicyclic) bond motifs is 1. The molecule has 0 saturated carbocycles. The van der Waals surface area contributed by atoms with Crippen molar-refractivity contribution >= 4 is 28.4 Å². The first-order valence-electron chi connectivity index (χ1n) is 8.20. The number of aromatic nitrogens is 5. The molecule has 0 fully saturated rings. The Balaban J connectivity index is 1.60. The summed E-state index contributed by atoms with van der Waals surface area (Å²) >= 11 is 1.35. The van der Waals surface area contributed by atoms with Crippen LogP contribution in [-0.4, -0.2) is 36.3 Å². The Morgan fingerprint density at radius 2 is 1.81 bits per heavy atom. The van der Waals surface area contributed by atoms with E-state index in [1.807, 2.05) is 68.6 Å². The molecular formula is C19H17N5OS. The number of tetrazole rings is 1. The number of nitrogens with zero attached hydrogens (tertiary/aromatic N) is 5. The summed E-state index contributed by atoms with van der Waals surface area (Å²) < 4.78 is 3.70. The second-order valence-electron chi connectivity index (χ2n) is 5.96. The lowest BCUT2D eigenvalue weighted by atomic mass is 10.1. The van der Waals surface area contributed by atoms with Gasteiger partial charge in [0.15, 0.2) is 5.78 Å². The smallest absolute Gasteiger partial charge is 0.214 e. The van der Waals surface area contributed by atoms with E-state index in [9.17, 15) is 4.79 Å². The van der Waals surface area contributed by atoms with Crippen molar-refractivity contribution in [2.45, 2.75) is 12.1 Å². The average Bonchev–Trinajstić information content (AvgIpc) is 3.24. The summed E-state index contributed by atoms with van der Waals surface area (Å²) in [7, 11) is 1.98. The molecule has 0 bridgehead atoms. The summed E-state index contributed by atoms with van der Waals surface area (Å²) in [5, 5.41) is 13.4. The zero-order valence-electron chi connectivity index (χ0n) is 14.5. The van der Waals surface area contributed by atoms with Crippen LogP contribution >= 0.6 is 11.8 Å². The van der Waals surface area contributed by atoms with Crippen LogP contribution in [0, 0.1) is 6.92 Å². The van der Waals surface area contributed by atoms with Gasteiger partial charge in [0.2, 0.25) is 5.16 Å². The quantitative estimate of drug-likeness (QED) is 0.401. The minimum atomic E-state index is 0.0758. The maximum Gasteiger partial charge on any atom is 0.214 e. The van der Waals surface area contributed by atoms with Crippen LogP contribution in [0.1, 0.15) is 16.1 Å². The zero-order valence-corrected chi connectivity index (χ0v) is 15.3. The molecule has 0 atom stereocenters. The van der Waals surface area contributed by atoms with Gasteiger partial charge in [0.1, 0.15) is 0 Å². The van der Waals surface area contributed by atoms with Gasteiger partial charge >= 0.3 is 0 Å². The summed E-state index contributed by atoms with van der Waals surface area (Å²) in [5.74, 6) is 0.356. The van der Waals surface area contributed by atoms with E-state index in [0.717, 1.165) is 27.8 Å². The van der Waals surface area contributed by atoms with Crippen LogP contribution in [0.15, 0.2) is 59.8 Å². The lowest BCUT2D eigenvalue weighted by Gasteiger charge is -2.04. The molecule has 0 amide bonds. The van der Waals surface area contributed by atoms with Crippen LogP contribution in [0.5, 0.6) is 0 Å². The number of hydrogen-bond acceptors (Lipinski definition) is 5. The maximum atomic E-state index is 12.9. The van der Waals surface area contributed by atoms with Gasteiger partial charge in [-0.05, 0) is 35.5 Å². The molecule has 26 heavy (non-hydrogen) atoms. The Labute approximate surface area is 154 Å². The number of aryl methyl sites for hydroxylation is 1. The second-order valence-corrected chi connectivity index (χ2v) is 6.90. The first kappa shape index (κ1) is 16.5. The number of hydrogen-bond donors (Lipinski definition) is 0. The van der Waals surface area contributed by atoms with Gasteiger partial charge in [0.25, 0.3) is 0 Å². The Morgan fingerprint density at radius 3 is 2.62 bits per heavy atom. The molecule has 4 rings (SSSR count). The number of ketones is 1. The van der Waals surface area contributed by atoms with Gasteiger partial charge in [-0.15, -0.1) is 5.10 Å². The summed E-state index contributed by atoms with van der Waals surface area (Å²) in [6.45, 7) is 1.98. The Morgan fingerprint density at radius 1 is 1.08 bits per heavy atom. The molecule has 2 aromatic heterocycles. The maximum absolute atomic E-state index is 12.9. The van der Waals surface area contributed by atoms with Gasteiger partial charge in [-0.25, -0.2) is 0 Å². The molecule has 0 aliphatic rings. The first-order valence-corrected chi connectivity index (χ1v) is 9.19. The van der Waals surface area contributed by atoms with E-state index >= 15 is 0 Å². The standard InChI is InChI=1S/C19H17N5OS/c1-13-18(15-10-6-7-11-16(15)23(13)2)17(25)12-26-19-20-21-22-24(19)14-8-4-3-5-9-14/h3-11H,12H2,1-2H3. The number of carbonyl (C=O) groups excluding carboxylic acids is 1. The van der Waals surface area contributed by atoms with E-state index in [2.05, 4.69) is 20.1 Å². The van der Waals surface area contributed by atoms with Gasteiger partial charge in [-0.1, -0.05) is 48.2 Å². The van der Waals surface area contributed by atoms with E-state index < -0.39 is 0 Å². The van der Waals surface area contributed by atoms with E-state index in [0.29, 0.717) is 5.16 Å². The van der Waals surface area contributed by atoms with Gasteiger partial charge in [0, 0.05) is 29.2 Å². The lowest BCUT2D eigenvalue weighted by molar-refractivity contribution is 0.102. The number of thioether (sulfide) groups is 1. The van der Waals surface area contributed by atoms with Crippen molar-refractivity contribution in [1.29, 1.82) is 0 Å². The molecule has 130 valence electrons. The van der Waals surface area contributed by atoms with Gasteiger partial charge in [0.05, 0.1) is 11.4 Å². The molecule has 0 radical (unpaired) electrons. The van der Waals surface area contributed by atoms with Crippen LogP contribution in [-0.2, 0) is 7.05 Å². The minimum Gasteiger partial charge on any atom is -0.347 e. The molecule has 6 nitrogen and oxygen atoms in total. The van der Waals surface area contributed by atoms with E-state index in [1.54, 1.807) is 4.68 Å². The van der Waals surface area contributed by atoms with Crippen molar-refractivity contribution in [1.82, 2.24) is 24.8 Å². The predicted octanol–water partition coefficient (Wildman–Crippen LogP) is 3.44. The van der Waals surface area contributed by atoms with E-state index in [-0.39, 0.29) is 11.5 Å². The third-order valence-electron chi connectivity index (χ3n) is 4.45. The fourth-order valence-corrected chi connectivity index (χ4v) is 3.84. The fourth-order valence-electron chi connectivity index (χ4n) is 3.08. The number of Topliss-reactive ketones (excluding diaryl/α,β-unsaturated/α-hetero) is 1. The first-order chi connectivity index (χ1) is 12.7. The molecule has 0 saturated heterocycles.